The number of carbonyl (C=O) groups is 1. The molecule has 0 saturated heterocycles. The van der Waals surface area contributed by atoms with Crippen LogP contribution in [0, 0.1) is 13.8 Å². The highest BCUT2D eigenvalue weighted by Crippen LogP contribution is 2.21. The Bertz CT molecular complexity index is 529. The minimum atomic E-state index is -0.684. The van der Waals surface area contributed by atoms with Crippen molar-refractivity contribution in [2.24, 2.45) is 10.2 Å². The number of hydrogen-bond donors (Lipinski definition) is 1. The molecule has 5 heteroatoms. The van der Waals surface area contributed by atoms with Gasteiger partial charge in [0.2, 0.25) is 5.70 Å². The third-order valence-corrected chi connectivity index (χ3v) is 2.43. The van der Waals surface area contributed by atoms with Crippen molar-refractivity contribution < 1.29 is 14.6 Å². The number of esters is 1. The first-order valence-electron chi connectivity index (χ1n) is 6.01. The Balaban J connectivity index is 3.04. The van der Waals surface area contributed by atoms with Gasteiger partial charge in [-0.15, -0.1) is 10.2 Å². The van der Waals surface area contributed by atoms with Crippen LogP contribution in [-0.2, 0) is 9.53 Å². The van der Waals surface area contributed by atoms with E-state index in [4.69, 9.17) is 4.74 Å². The van der Waals surface area contributed by atoms with E-state index in [1.54, 1.807) is 6.92 Å². The van der Waals surface area contributed by atoms with Crippen molar-refractivity contribution in [3.8, 4) is 0 Å². The van der Waals surface area contributed by atoms with Gasteiger partial charge in [0.1, 0.15) is 5.76 Å². The maximum absolute atomic E-state index is 11.6. The molecule has 0 fully saturated rings. The first-order valence-corrected chi connectivity index (χ1v) is 6.01. The fourth-order valence-electron chi connectivity index (χ4n) is 1.39. The van der Waals surface area contributed by atoms with E-state index in [1.807, 2.05) is 32.0 Å². The summed E-state index contributed by atoms with van der Waals surface area (Å²) in [5.41, 5.74) is 2.46. The molecule has 1 rings (SSSR count). The maximum Gasteiger partial charge on any atom is 0.362 e. The van der Waals surface area contributed by atoms with Gasteiger partial charge in [0.25, 0.3) is 0 Å². The Hall–Kier alpha value is -2.17. The van der Waals surface area contributed by atoms with Crippen molar-refractivity contribution >= 4 is 11.7 Å². The lowest BCUT2D eigenvalue weighted by Crippen LogP contribution is -2.07. The highest BCUT2D eigenvalue weighted by atomic mass is 16.5. The van der Waals surface area contributed by atoms with Gasteiger partial charge < -0.3 is 9.84 Å². The molecule has 0 heterocycles. The van der Waals surface area contributed by atoms with E-state index in [1.165, 1.54) is 6.92 Å². The van der Waals surface area contributed by atoms with Crippen LogP contribution in [0.1, 0.15) is 25.0 Å². The second kappa shape index (κ2) is 6.68. The van der Waals surface area contributed by atoms with Crippen LogP contribution in [0.4, 0.5) is 5.69 Å². The summed E-state index contributed by atoms with van der Waals surface area (Å²) < 4.78 is 4.80. The minimum absolute atomic E-state index is 0.178. The van der Waals surface area contributed by atoms with Gasteiger partial charge in [0, 0.05) is 0 Å². The van der Waals surface area contributed by atoms with Gasteiger partial charge in [-0.2, -0.15) is 0 Å². The molecule has 5 nitrogen and oxygen atoms in total. The molecule has 0 amide bonds. The molecule has 0 radical (unpaired) electrons. The normalized spacial score (nSPS) is 12.4. The molecular weight excluding hydrogens is 244 g/mol. The summed E-state index contributed by atoms with van der Waals surface area (Å²) in [4.78, 5) is 11.6. The van der Waals surface area contributed by atoms with Crippen LogP contribution in [0.25, 0.3) is 0 Å². The van der Waals surface area contributed by atoms with E-state index in [0.29, 0.717) is 5.69 Å². The molecule has 102 valence electrons. The van der Waals surface area contributed by atoms with Crippen LogP contribution in [0.15, 0.2) is 39.9 Å². The smallest absolute Gasteiger partial charge is 0.362 e. The number of aliphatic hydroxyl groups excluding tert-OH is 1. The van der Waals surface area contributed by atoms with Gasteiger partial charge in [-0.3, -0.25) is 0 Å². The van der Waals surface area contributed by atoms with Crippen molar-refractivity contribution in [1.82, 2.24) is 0 Å². The summed E-state index contributed by atoms with van der Waals surface area (Å²) in [6.45, 7) is 7.11. The molecule has 0 bridgehead atoms. The molecule has 0 atom stereocenters. The second-order valence-corrected chi connectivity index (χ2v) is 4.14. The fourth-order valence-corrected chi connectivity index (χ4v) is 1.39. The van der Waals surface area contributed by atoms with Crippen LogP contribution in [0.5, 0.6) is 0 Å². The number of rotatable bonds is 4. The predicted octanol–water partition coefficient (Wildman–Crippen LogP) is 3.74. The molecular formula is C14H18N2O3. The van der Waals surface area contributed by atoms with Crippen LogP contribution in [0.2, 0.25) is 0 Å². The summed E-state index contributed by atoms with van der Waals surface area (Å²) >= 11 is 0. The molecule has 0 unspecified atom stereocenters. The zero-order valence-electron chi connectivity index (χ0n) is 11.6. The van der Waals surface area contributed by atoms with E-state index >= 15 is 0 Å². The van der Waals surface area contributed by atoms with Crippen molar-refractivity contribution in [3.05, 3.63) is 40.8 Å². The molecule has 0 aliphatic carbocycles. The maximum atomic E-state index is 11.6. The van der Waals surface area contributed by atoms with Gasteiger partial charge in [0.15, 0.2) is 0 Å². The Morgan fingerprint density at radius 2 is 2.05 bits per heavy atom. The number of aryl methyl sites for hydroxylation is 2. The average molecular weight is 262 g/mol. The lowest BCUT2D eigenvalue weighted by molar-refractivity contribution is -0.138. The monoisotopic (exact) mass is 262 g/mol. The summed E-state index contributed by atoms with van der Waals surface area (Å²) in [5, 5.41) is 17.2. The number of aliphatic hydroxyl groups is 1. The molecule has 1 aromatic carbocycles. The fraction of sp³-hybridized carbons (Fsp3) is 0.357. The zero-order valence-corrected chi connectivity index (χ0v) is 11.6. The lowest BCUT2D eigenvalue weighted by Gasteiger charge is -2.03. The molecule has 1 N–H and O–H groups in total. The number of ether oxygens (including phenoxy) is 1. The number of allylic oxidation sites excluding steroid dienone is 1. The van der Waals surface area contributed by atoms with E-state index in [2.05, 4.69) is 10.2 Å². The number of azo groups is 1. The van der Waals surface area contributed by atoms with E-state index in [9.17, 15) is 9.90 Å². The topological polar surface area (TPSA) is 71.2 Å². The Kier molecular flexibility index (Phi) is 5.23. The minimum Gasteiger partial charge on any atom is -0.510 e. The SMILES string of the molecule is CCOC(=O)C(N=Nc1cc(C)ccc1C)=C(C)O. The van der Waals surface area contributed by atoms with E-state index < -0.39 is 5.97 Å². The summed E-state index contributed by atoms with van der Waals surface area (Å²) in [6.07, 6.45) is 0. The Morgan fingerprint density at radius 1 is 1.37 bits per heavy atom. The molecule has 1 aromatic rings. The molecule has 0 aliphatic heterocycles. The molecule has 19 heavy (non-hydrogen) atoms. The molecule has 0 aromatic heterocycles. The highest BCUT2D eigenvalue weighted by molar-refractivity contribution is 5.88. The van der Waals surface area contributed by atoms with E-state index in [-0.39, 0.29) is 18.1 Å². The third kappa shape index (κ3) is 4.21. The van der Waals surface area contributed by atoms with Crippen LogP contribution >= 0.6 is 0 Å². The first kappa shape index (κ1) is 14.9. The second-order valence-electron chi connectivity index (χ2n) is 4.14. The van der Waals surface area contributed by atoms with Crippen LogP contribution in [0.3, 0.4) is 0 Å². The quantitative estimate of drug-likeness (QED) is 0.389. The predicted molar refractivity (Wildman–Crippen MR) is 72.4 cm³/mol. The summed E-state index contributed by atoms with van der Waals surface area (Å²) in [6, 6.07) is 5.74. The van der Waals surface area contributed by atoms with E-state index in [0.717, 1.165) is 11.1 Å². The number of nitrogens with zero attached hydrogens (tertiary/aromatic N) is 2. The standard InChI is InChI=1S/C14H18N2O3/c1-5-19-14(18)13(11(4)17)16-15-12-8-9(2)6-7-10(12)3/h6-8,17H,5H2,1-4H3. The summed E-state index contributed by atoms with van der Waals surface area (Å²) in [5.74, 6) is -0.899. The third-order valence-electron chi connectivity index (χ3n) is 2.43. The van der Waals surface area contributed by atoms with Gasteiger partial charge in [-0.05, 0) is 44.9 Å². The average Bonchev–Trinajstić information content (AvgIpc) is 2.33. The van der Waals surface area contributed by atoms with Gasteiger partial charge >= 0.3 is 5.97 Å². The molecule has 0 aliphatic rings. The van der Waals surface area contributed by atoms with Gasteiger partial charge in [-0.25, -0.2) is 4.79 Å². The highest BCUT2D eigenvalue weighted by Gasteiger charge is 2.13. The Morgan fingerprint density at radius 3 is 2.63 bits per heavy atom. The zero-order chi connectivity index (χ0) is 14.4. The molecule has 0 spiro atoms. The first-order chi connectivity index (χ1) is 8.95. The van der Waals surface area contributed by atoms with Gasteiger partial charge in [-0.1, -0.05) is 12.1 Å². The van der Waals surface area contributed by atoms with Crippen LogP contribution in [-0.4, -0.2) is 17.7 Å². The van der Waals surface area contributed by atoms with Crippen molar-refractivity contribution in [1.29, 1.82) is 0 Å². The summed E-state index contributed by atoms with van der Waals surface area (Å²) in [7, 11) is 0. The van der Waals surface area contributed by atoms with Crippen molar-refractivity contribution in [2.45, 2.75) is 27.7 Å². The van der Waals surface area contributed by atoms with Crippen LogP contribution < -0.4 is 0 Å². The number of benzene rings is 1. The molecule has 0 saturated carbocycles. The number of hydrogen-bond acceptors (Lipinski definition) is 5. The van der Waals surface area contributed by atoms with Crippen molar-refractivity contribution in [3.63, 3.8) is 0 Å². The van der Waals surface area contributed by atoms with Crippen molar-refractivity contribution in [2.75, 3.05) is 6.61 Å². The largest absolute Gasteiger partial charge is 0.510 e. The van der Waals surface area contributed by atoms with Gasteiger partial charge in [0.05, 0.1) is 12.3 Å². The number of carbonyl (C=O) groups excluding carboxylic acids is 1. The lowest BCUT2D eigenvalue weighted by atomic mass is 10.1. The Labute approximate surface area is 112 Å².